The van der Waals surface area contributed by atoms with Gasteiger partial charge in [-0.25, -0.2) is 4.99 Å². The Morgan fingerprint density at radius 2 is 1.92 bits per heavy atom. The lowest BCUT2D eigenvalue weighted by Crippen LogP contribution is -2.31. The second kappa shape index (κ2) is 7.56. The Labute approximate surface area is 163 Å². The number of aryl methyl sites for hydroxylation is 1. The summed E-state index contributed by atoms with van der Waals surface area (Å²) in [7, 11) is 0. The molecule has 1 fully saturated rings. The predicted molar refractivity (Wildman–Crippen MR) is 116 cm³/mol. The summed E-state index contributed by atoms with van der Waals surface area (Å²) in [4.78, 5) is 6.13. The second-order valence-electron chi connectivity index (χ2n) is 6.84. The molecular weight excluding hydrogens is 362 g/mol. The smallest absolute Gasteiger partial charge is 0.105 e. The molecule has 2 aromatic rings. The summed E-state index contributed by atoms with van der Waals surface area (Å²) < 4.78 is 1.31. The first kappa shape index (κ1) is 18.6. The Kier molecular flexibility index (Phi) is 5.62. The first-order valence-corrected chi connectivity index (χ1v) is 10.9. The minimum Gasteiger partial charge on any atom is -0.241 e. The molecule has 0 saturated carbocycles. The number of nitrogens with zero attached hydrogens (tertiary/aromatic N) is 1. The van der Waals surface area contributed by atoms with Crippen LogP contribution in [0.2, 0.25) is 0 Å². The minimum atomic E-state index is 0.0544. The van der Waals surface area contributed by atoms with Crippen LogP contribution in [0, 0.1) is 18.3 Å². The van der Waals surface area contributed by atoms with Crippen molar-refractivity contribution in [3.05, 3.63) is 69.8 Å². The fraction of sp³-hybridized carbons (Fsp3) is 0.286. The Balaban J connectivity index is 1.98. The van der Waals surface area contributed by atoms with Crippen LogP contribution in [-0.4, -0.2) is 5.04 Å². The SMILES string of the molecule is C=C1SC(=N\c2ccc(C)cc2)/C(=C/Sc2cccs2)C(C)C1(C)C. The highest BCUT2D eigenvalue weighted by Gasteiger charge is 2.39. The van der Waals surface area contributed by atoms with Crippen LogP contribution >= 0.6 is 34.9 Å². The van der Waals surface area contributed by atoms with Crippen molar-refractivity contribution in [3.8, 4) is 0 Å². The number of aliphatic imine (C=N–C) groups is 1. The Hall–Kier alpha value is -1.23. The van der Waals surface area contributed by atoms with Gasteiger partial charge < -0.3 is 0 Å². The monoisotopic (exact) mass is 385 g/mol. The zero-order valence-corrected chi connectivity index (χ0v) is 17.5. The van der Waals surface area contributed by atoms with Crippen molar-refractivity contribution >= 4 is 45.6 Å². The molecule has 1 atom stereocenters. The van der Waals surface area contributed by atoms with Gasteiger partial charge in [0.2, 0.25) is 0 Å². The summed E-state index contributed by atoms with van der Waals surface area (Å²) >= 11 is 5.28. The summed E-state index contributed by atoms with van der Waals surface area (Å²) in [5, 5.41) is 5.47. The molecule has 0 amide bonds. The van der Waals surface area contributed by atoms with Gasteiger partial charge in [0, 0.05) is 5.41 Å². The molecule has 1 aromatic carbocycles. The van der Waals surface area contributed by atoms with Crippen molar-refractivity contribution in [2.75, 3.05) is 0 Å². The van der Waals surface area contributed by atoms with Crippen LogP contribution in [0.15, 0.2) is 73.4 Å². The maximum atomic E-state index is 4.95. The second-order valence-corrected chi connectivity index (χ2v) is 10.0. The van der Waals surface area contributed by atoms with E-state index in [2.05, 4.69) is 81.5 Å². The molecular formula is C21H23NS3. The largest absolute Gasteiger partial charge is 0.241 e. The third-order valence-corrected chi connectivity index (χ3v) is 8.07. The topological polar surface area (TPSA) is 12.4 Å². The minimum absolute atomic E-state index is 0.0544. The van der Waals surface area contributed by atoms with Crippen molar-refractivity contribution in [3.63, 3.8) is 0 Å². The summed E-state index contributed by atoms with van der Waals surface area (Å²) in [5.74, 6) is 0.373. The lowest BCUT2D eigenvalue weighted by Gasteiger charge is -2.40. The average molecular weight is 386 g/mol. The molecule has 130 valence electrons. The zero-order chi connectivity index (χ0) is 18.0. The van der Waals surface area contributed by atoms with E-state index in [1.165, 1.54) is 20.3 Å². The summed E-state index contributed by atoms with van der Waals surface area (Å²) in [6.07, 6.45) is 0. The summed E-state index contributed by atoms with van der Waals surface area (Å²) in [6, 6.07) is 12.6. The van der Waals surface area contributed by atoms with Crippen LogP contribution in [0.1, 0.15) is 26.3 Å². The molecule has 1 aliphatic heterocycles. The third-order valence-electron chi connectivity index (χ3n) is 4.80. The van der Waals surface area contributed by atoms with E-state index in [0.29, 0.717) is 5.92 Å². The maximum absolute atomic E-state index is 4.95. The van der Waals surface area contributed by atoms with Crippen LogP contribution in [0.25, 0.3) is 0 Å². The molecule has 3 rings (SSSR count). The van der Waals surface area contributed by atoms with Crippen LogP contribution in [-0.2, 0) is 0 Å². The van der Waals surface area contributed by atoms with Crippen molar-refractivity contribution < 1.29 is 0 Å². The Morgan fingerprint density at radius 3 is 2.56 bits per heavy atom. The van der Waals surface area contributed by atoms with Gasteiger partial charge >= 0.3 is 0 Å². The van der Waals surface area contributed by atoms with Gasteiger partial charge in [-0.3, -0.25) is 0 Å². The van der Waals surface area contributed by atoms with Gasteiger partial charge in [0.1, 0.15) is 5.04 Å². The van der Waals surface area contributed by atoms with Crippen LogP contribution in [0.4, 0.5) is 5.69 Å². The van der Waals surface area contributed by atoms with Crippen LogP contribution in [0.3, 0.4) is 0 Å². The van der Waals surface area contributed by atoms with Crippen molar-refractivity contribution in [1.29, 1.82) is 0 Å². The number of benzene rings is 1. The number of hydrogen-bond donors (Lipinski definition) is 0. The average Bonchev–Trinajstić information content (AvgIpc) is 3.09. The van der Waals surface area contributed by atoms with Crippen molar-refractivity contribution in [2.45, 2.75) is 31.9 Å². The number of thiophene rings is 1. The van der Waals surface area contributed by atoms with Gasteiger partial charge in [0.05, 0.1) is 9.90 Å². The molecule has 1 aromatic heterocycles. The highest BCUT2D eigenvalue weighted by Crippen LogP contribution is 2.51. The first-order chi connectivity index (χ1) is 11.9. The van der Waals surface area contributed by atoms with Gasteiger partial charge in [0.15, 0.2) is 0 Å². The molecule has 25 heavy (non-hydrogen) atoms. The van der Waals surface area contributed by atoms with Gasteiger partial charge in [0.25, 0.3) is 0 Å². The van der Waals surface area contributed by atoms with E-state index in [-0.39, 0.29) is 5.41 Å². The quantitative estimate of drug-likeness (QED) is 0.502. The predicted octanol–water partition coefficient (Wildman–Crippen LogP) is 7.69. The Bertz CT molecular complexity index is 811. The van der Waals surface area contributed by atoms with Gasteiger partial charge in [-0.2, -0.15) is 0 Å². The first-order valence-electron chi connectivity index (χ1n) is 8.31. The van der Waals surface area contributed by atoms with E-state index in [4.69, 9.17) is 4.99 Å². The fourth-order valence-corrected chi connectivity index (χ4v) is 5.50. The van der Waals surface area contributed by atoms with E-state index >= 15 is 0 Å². The molecule has 0 aliphatic carbocycles. The molecule has 0 bridgehead atoms. The fourth-order valence-electron chi connectivity index (χ4n) is 2.55. The number of hydrogen-bond acceptors (Lipinski definition) is 4. The molecule has 2 heterocycles. The van der Waals surface area contributed by atoms with Crippen molar-refractivity contribution in [2.24, 2.45) is 16.3 Å². The Morgan fingerprint density at radius 1 is 1.20 bits per heavy atom. The number of thioether (sulfide) groups is 2. The number of rotatable bonds is 3. The zero-order valence-electron chi connectivity index (χ0n) is 15.1. The lowest BCUT2D eigenvalue weighted by atomic mass is 9.76. The molecule has 1 nitrogen and oxygen atoms in total. The standard InChI is InChI=1S/C21H23NS3/c1-14-8-10-17(11-9-14)22-20-18(13-24-19-7-6-12-23-19)15(2)21(4,5)16(3)25-20/h6-13,15H,3H2,1-2,4-5H3/b18-13+,22-20-. The van der Waals surface area contributed by atoms with E-state index in [1.54, 1.807) is 34.9 Å². The molecule has 0 radical (unpaired) electrons. The van der Waals surface area contributed by atoms with Crippen LogP contribution < -0.4 is 0 Å². The summed E-state index contributed by atoms with van der Waals surface area (Å²) in [6.45, 7) is 13.3. The van der Waals surface area contributed by atoms with Crippen LogP contribution in [0.5, 0.6) is 0 Å². The third kappa shape index (κ3) is 4.13. The number of allylic oxidation sites excluding steroid dienone is 1. The molecule has 4 heteroatoms. The molecule has 0 N–H and O–H groups in total. The normalized spacial score (nSPS) is 23.4. The van der Waals surface area contributed by atoms with E-state index < -0.39 is 0 Å². The molecule has 1 unspecified atom stereocenters. The molecule has 1 aliphatic rings. The highest BCUT2D eigenvalue weighted by molar-refractivity contribution is 8.18. The van der Waals surface area contributed by atoms with Gasteiger partial charge in [-0.1, -0.05) is 74.6 Å². The van der Waals surface area contributed by atoms with E-state index in [1.807, 2.05) is 0 Å². The summed E-state index contributed by atoms with van der Waals surface area (Å²) in [5.41, 5.74) is 3.61. The van der Waals surface area contributed by atoms with Gasteiger partial charge in [-0.05, 0) is 52.3 Å². The molecule has 1 saturated heterocycles. The molecule has 0 spiro atoms. The van der Waals surface area contributed by atoms with E-state index in [9.17, 15) is 0 Å². The van der Waals surface area contributed by atoms with E-state index in [0.717, 1.165) is 10.7 Å². The lowest BCUT2D eigenvalue weighted by molar-refractivity contribution is 0.352. The highest BCUT2D eigenvalue weighted by atomic mass is 32.2. The maximum Gasteiger partial charge on any atom is 0.105 e. The van der Waals surface area contributed by atoms with Crippen molar-refractivity contribution in [1.82, 2.24) is 0 Å². The van der Waals surface area contributed by atoms with Gasteiger partial charge in [-0.15, -0.1) is 11.3 Å².